The van der Waals surface area contributed by atoms with E-state index in [9.17, 15) is 0 Å². The number of hydrogen-bond donors (Lipinski definition) is 0. The van der Waals surface area contributed by atoms with Gasteiger partial charge in [0.25, 0.3) is 0 Å². The van der Waals surface area contributed by atoms with E-state index in [-0.39, 0.29) is 6.04 Å². The lowest BCUT2D eigenvalue weighted by Crippen LogP contribution is -2.33. The highest BCUT2D eigenvalue weighted by Gasteiger charge is 2.40. The van der Waals surface area contributed by atoms with Gasteiger partial charge < -0.3 is 4.90 Å². The van der Waals surface area contributed by atoms with Crippen LogP contribution in [0.2, 0.25) is 0 Å². The van der Waals surface area contributed by atoms with Crippen LogP contribution in [0, 0.1) is 5.92 Å². The van der Waals surface area contributed by atoms with Gasteiger partial charge in [-0.25, -0.2) is 0 Å². The molecule has 1 heteroatoms. The monoisotopic (exact) mass is 825 g/mol. The Bertz CT molecular complexity index is 2950. The average Bonchev–Trinajstić information content (AvgIpc) is 3.70. The zero-order valence-electron chi connectivity index (χ0n) is 36.6. The van der Waals surface area contributed by atoms with Crippen LogP contribution in [0.15, 0.2) is 273 Å². The number of benzene rings is 4. The molecule has 4 aromatic carbocycles. The Kier molecular flexibility index (Phi) is 12.3. The lowest BCUT2D eigenvalue weighted by molar-refractivity contribution is 0.406. The first-order chi connectivity index (χ1) is 31.5. The Hall–Kier alpha value is -7.48. The summed E-state index contributed by atoms with van der Waals surface area (Å²) in [6.07, 6.45) is 47.8. The molecule has 0 saturated heterocycles. The predicted molar refractivity (Wildman–Crippen MR) is 274 cm³/mol. The van der Waals surface area contributed by atoms with Gasteiger partial charge in [-0.1, -0.05) is 227 Å². The van der Waals surface area contributed by atoms with Crippen molar-refractivity contribution in [1.82, 2.24) is 4.90 Å². The number of rotatable bonds is 14. The molecule has 64 heavy (non-hydrogen) atoms. The van der Waals surface area contributed by atoms with E-state index < -0.39 is 5.41 Å². The van der Waals surface area contributed by atoms with Crippen LogP contribution in [0.25, 0.3) is 22.8 Å². The second-order valence-electron chi connectivity index (χ2n) is 16.9. The van der Waals surface area contributed by atoms with Gasteiger partial charge >= 0.3 is 0 Å². The van der Waals surface area contributed by atoms with Crippen molar-refractivity contribution >= 4 is 22.8 Å². The molecule has 2 unspecified atom stereocenters. The smallest absolute Gasteiger partial charge is 0.0647 e. The molecule has 0 heterocycles. The molecule has 0 saturated carbocycles. The largest absolute Gasteiger partial charge is 0.341 e. The van der Waals surface area contributed by atoms with Crippen LogP contribution in [-0.2, 0) is 5.41 Å². The molecular formula is C63H55N. The van der Waals surface area contributed by atoms with Crippen molar-refractivity contribution in [2.75, 3.05) is 0 Å². The summed E-state index contributed by atoms with van der Waals surface area (Å²) in [7, 11) is 0. The van der Waals surface area contributed by atoms with Gasteiger partial charge in [0.15, 0.2) is 0 Å². The second-order valence-corrected chi connectivity index (χ2v) is 16.9. The third-order valence-electron chi connectivity index (χ3n) is 13.1. The molecule has 0 aliphatic heterocycles. The van der Waals surface area contributed by atoms with Crippen molar-refractivity contribution < 1.29 is 0 Å². The first kappa shape index (κ1) is 41.9. The van der Waals surface area contributed by atoms with Gasteiger partial charge in [0.2, 0.25) is 0 Å². The summed E-state index contributed by atoms with van der Waals surface area (Å²) in [5, 5.41) is 2.65. The van der Waals surface area contributed by atoms with Gasteiger partial charge in [0.1, 0.15) is 0 Å². The molecule has 9 rings (SSSR count). The molecule has 5 aliphatic carbocycles. The summed E-state index contributed by atoms with van der Waals surface area (Å²) in [5.41, 5.74) is 15.0. The summed E-state index contributed by atoms with van der Waals surface area (Å²) in [4.78, 5) is 2.32. The summed E-state index contributed by atoms with van der Waals surface area (Å²) in [6, 6.07) is 37.6. The Morgan fingerprint density at radius 2 is 1.56 bits per heavy atom. The maximum atomic E-state index is 4.76. The standard InChI is InChI=1S/C63H55N/c1-5-7-21-46(3)51-23-18-24-52(42-51)48(6-2)26-20-41-64(58-31-19-25-53(43-58)54-40-39-50-38-37-49-22-14-15-32-59(49)61(50)44-54)47(4)35-36-55-45-63(56-27-10-8-11-28-56,57-29-12-9-13-30-57)62-34-17-16-33-60(55)62/h5-17,19-22,24-30,32-36,38-45,49,58H,1-4,18,23,31,37H2/b21-7-,36-35-,41-20+,48-26+. The molecule has 0 spiro atoms. The van der Waals surface area contributed by atoms with Crippen molar-refractivity contribution in [2.45, 2.75) is 37.1 Å². The maximum Gasteiger partial charge on any atom is 0.0647 e. The first-order valence-corrected chi connectivity index (χ1v) is 22.5. The fourth-order valence-corrected chi connectivity index (χ4v) is 9.86. The summed E-state index contributed by atoms with van der Waals surface area (Å²) < 4.78 is 0. The van der Waals surface area contributed by atoms with E-state index in [0.29, 0.717) is 5.92 Å². The van der Waals surface area contributed by atoms with Crippen molar-refractivity contribution in [3.8, 4) is 0 Å². The molecule has 0 bridgehead atoms. The van der Waals surface area contributed by atoms with Gasteiger partial charge in [0, 0.05) is 17.8 Å². The van der Waals surface area contributed by atoms with Crippen molar-refractivity contribution in [3.05, 3.63) is 311 Å². The van der Waals surface area contributed by atoms with E-state index in [1.165, 1.54) is 60.5 Å². The number of hydrogen-bond acceptors (Lipinski definition) is 1. The molecule has 0 aromatic heterocycles. The van der Waals surface area contributed by atoms with Gasteiger partial charge in [-0.2, -0.15) is 0 Å². The molecule has 5 aliphatic rings. The van der Waals surface area contributed by atoms with E-state index in [4.69, 9.17) is 6.58 Å². The van der Waals surface area contributed by atoms with E-state index in [2.05, 4.69) is 225 Å². The maximum absolute atomic E-state index is 4.76. The number of fused-ring (bicyclic) bond motifs is 3. The van der Waals surface area contributed by atoms with Crippen LogP contribution in [0.4, 0.5) is 0 Å². The minimum absolute atomic E-state index is 0.0347. The molecule has 1 nitrogen and oxygen atoms in total. The Balaban J connectivity index is 1.09. The van der Waals surface area contributed by atoms with E-state index in [1.807, 2.05) is 18.2 Å². The third-order valence-corrected chi connectivity index (χ3v) is 13.1. The van der Waals surface area contributed by atoms with Crippen LogP contribution in [0.3, 0.4) is 0 Å². The molecule has 0 fully saturated rings. The lowest BCUT2D eigenvalue weighted by Gasteiger charge is -2.31. The highest BCUT2D eigenvalue weighted by molar-refractivity contribution is 5.87. The minimum Gasteiger partial charge on any atom is -0.341 e. The zero-order valence-corrected chi connectivity index (χ0v) is 36.6. The van der Waals surface area contributed by atoms with Crippen molar-refractivity contribution in [2.24, 2.45) is 5.92 Å². The summed E-state index contributed by atoms with van der Waals surface area (Å²) in [5.74, 6) is 0.437. The van der Waals surface area contributed by atoms with Crippen LogP contribution in [0.1, 0.15) is 53.5 Å². The topological polar surface area (TPSA) is 3.24 Å². The van der Waals surface area contributed by atoms with Crippen LogP contribution < -0.4 is 10.4 Å². The van der Waals surface area contributed by atoms with Gasteiger partial charge in [0.05, 0.1) is 11.5 Å². The fraction of sp³-hybridized carbons (Fsp3) is 0.111. The van der Waals surface area contributed by atoms with E-state index in [0.717, 1.165) is 48.1 Å². The Labute approximate surface area is 380 Å². The van der Waals surface area contributed by atoms with Crippen molar-refractivity contribution in [3.63, 3.8) is 0 Å². The Morgan fingerprint density at radius 1 is 0.781 bits per heavy atom. The molecule has 0 radical (unpaired) electrons. The van der Waals surface area contributed by atoms with Crippen molar-refractivity contribution in [1.29, 1.82) is 0 Å². The highest BCUT2D eigenvalue weighted by Crippen LogP contribution is 2.50. The highest BCUT2D eigenvalue weighted by atomic mass is 15.1. The molecular weight excluding hydrogens is 771 g/mol. The molecule has 0 amide bonds. The van der Waals surface area contributed by atoms with Crippen LogP contribution in [0.5, 0.6) is 0 Å². The van der Waals surface area contributed by atoms with Gasteiger partial charge in [-0.3, -0.25) is 0 Å². The third kappa shape index (κ3) is 8.38. The fourth-order valence-electron chi connectivity index (χ4n) is 9.86. The zero-order chi connectivity index (χ0) is 43.9. The average molecular weight is 826 g/mol. The van der Waals surface area contributed by atoms with Crippen LogP contribution in [-0.4, -0.2) is 10.9 Å². The minimum atomic E-state index is -0.428. The summed E-state index contributed by atoms with van der Waals surface area (Å²) in [6.45, 7) is 17.1. The normalized spacial score (nSPS) is 19.6. The summed E-state index contributed by atoms with van der Waals surface area (Å²) >= 11 is 0. The van der Waals surface area contributed by atoms with Gasteiger partial charge in [-0.15, -0.1) is 0 Å². The first-order valence-electron chi connectivity index (χ1n) is 22.5. The van der Waals surface area contributed by atoms with Gasteiger partial charge in [-0.05, 0) is 121 Å². The number of allylic oxidation sites excluding steroid dienone is 22. The molecule has 312 valence electrons. The molecule has 0 N–H and O–H groups in total. The van der Waals surface area contributed by atoms with Crippen LogP contribution >= 0.6 is 0 Å². The molecule has 4 aromatic rings. The second kappa shape index (κ2) is 18.9. The number of nitrogens with zero attached hydrogens (tertiary/aromatic N) is 1. The SMILES string of the molecule is C=C/C=C\C(=C)C1=CC(/C(C=C)=C/C=C/N(C(=C)/C=C\C2=CC(c3ccccc3)(c3ccccc3)c3ccccc32)C2C=C(c3ccc4c(c3)=C3C=CC=CC3CC=4)C=CC2)=CCC1. The Morgan fingerprint density at radius 3 is 2.34 bits per heavy atom. The quantitative estimate of drug-likeness (QED) is 0.115. The van der Waals surface area contributed by atoms with E-state index >= 15 is 0 Å². The molecule has 2 atom stereocenters. The predicted octanol–water partition coefficient (Wildman–Crippen LogP) is 13.9. The lowest BCUT2D eigenvalue weighted by atomic mass is 9.71. The van der Waals surface area contributed by atoms with E-state index in [1.54, 1.807) is 6.08 Å².